The molecule has 0 aromatic heterocycles. The lowest BCUT2D eigenvalue weighted by Crippen LogP contribution is -2.50. The number of nitrogens with zero attached hydrogens (tertiary/aromatic N) is 2. The van der Waals surface area contributed by atoms with Crippen molar-refractivity contribution >= 4 is 22.0 Å². The molecule has 7 nitrogen and oxygen atoms in total. The average Bonchev–Trinajstić information content (AvgIpc) is 3.22. The number of halogens is 2. The van der Waals surface area contributed by atoms with Gasteiger partial charge in [0.15, 0.2) is 23.1 Å². The van der Waals surface area contributed by atoms with Crippen LogP contribution in [0.2, 0.25) is 0 Å². The Balaban J connectivity index is 1.38. The zero-order valence-electron chi connectivity index (χ0n) is 15.8. The van der Waals surface area contributed by atoms with Gasteiger partial charge in [0.1, 0.15) is 0 Å². The number of fused-ring (bicyclic) bond motifs is 1. The van der Waals surface area contributed by atoms with Crippen LogP contribution in [-0.4, -0.2) is 56.5 Å². The molecule has 0 radical (unpaired) electrons. The molecular formula is C20H18F2N2O5S. The summed E-state index contributed by atoms with van der Waals surface area (Å²) in [5.41, 5.74) is 0.771. The number of sulfonamides is 1. The van der Waals surface area contributed by atoms with Crippen molar-refractivity contribution in [3.05, 3.63) is 59.7 Å². The van der Waals surface area contributed by atoms with Gasteiger partial charge in [-0.15, -0.1) is 0 Å². The Morgan fingerprint density at radius 2 is 1.67 bits per heavy atom. The van der Waals surface area contributed by atoms with Crippen LogP contribution in [-0.2, 0) is 14.8 Å². The van der Waals surface area contributed by atoms with Crippen molar-refractivity contribution in [3.8, 4) is 11.5 Å². The lowest BCUT2D eigenvalue weighted by Gasteiger charge is -2.33. The van der Waals surface area contributed by atoms with E-state index in [9.17, 15) is 22.0 Å². The zero-order valence-corrected chi connectivity index (χ0v) is 16.6. The van der Waals surface area contributed by atoms with Crippen LogP contribution < -0.4 is 9.47 Å². The van der Waals surface area contributed by atoms with Crippen molar-refractivity contribution in [3.63, 3.8) is 0 Å². The van der Waals surface area contributed by atoms with Gasteiger partial charge in [0.2, 0.25) is 22.7 Å². The summed E-state index contributed by atoms with van der Waals surface area (Å²) in [5, 5.41) is 0. The molecule has 158 valence electrons. The van der Waals surface area contributed by atoms with Crippen LogP contribution in [0.4, 0.5) is 8.78 Å². The summed E-state index contributed by atoms with van der Waals surface area (Å²) in [5.74, 6) is -1.33. The van der Waals surface area contributed by atoms with E-state index in [-0.39, 0.29) is 43.8 Å². The molecule has 2 aliphatic rings. The summed E-state index contributed by atoms with van der Waals surface area (Å²) in [7, 11) is -3.97. The molecule has 2 aromatic carbocycles. The SMILES string of the molecule is O=C(/C=C/c1ccc2c(c1)OCO2)N1CCN(S(=O)(=O)c2ccc(F)c(F)c2)CC1. The van der Waals surface area contributed by atoms with Crippen molar-refractivity contribution in [2.24, 2.45) is 0 Å². The molecular weight excluding hydrogens is 418 g/mol. The molecule has 0 spiro atoms. The van der Waals surface area contributed by atoms with Crippen molar-refractivity contribution in [2.45, 2.75) is 4.90 Å². The van der Waals surface area contributed by atoms with Crippen molar-refractivity contribution in [2.75, 3.05) is 33.0 Å². The molecule has 2 aliphatic heterocycles. The number of hydrogen-bond acceptors (Lipinski definition) is 5. The van der Waals surface area contributed by atoms with Gasteiger partial charge in [0, 0.05) is 32.3 Å². The highest BCUT2D eigenvalue weighted by Crippen LogP contribution is 2.32. The van der Waals surface area contributed by atoms with Gasteiger partial charge >= 0.3 is 0 Å². The molecule has 0 N–H and O–H groups in total. The van der Waals surface area contributed by atoms with Crippen LogP contribution in [0.1, 0.15) is 5.56 Å². The third kappa shape index (κ3) is 4.01. The molecule has 10 heteroatoms. The van der Waals surface area contributed by atoms with Crippen LogP contribution in [0, 0.1) is 11.6 Å². The number of hydrogen-bond donors (Lipinski definition) is 0. The highest BCUT2D eigenvalue weighted by molar-refractivity contribution is 7.89. The average molecular weight is 436 g/mol. The van der Waals surface area contributed by atoms with Crippen LogP contribution in [0.5, 0.6) is 11.5 Å². The number of rotatable bonds is 4. The first-order valence-electron chi connectivity index (χ1n) is 9.16. The maximum atomic E-state index is 13.4. The summed E-state index contributed by atoms with van der Waals surface area (Å²) >= 11 is 0. The van der Waals surface area contributed by atoms with E-state index in [4.69, 9.17) is 9.47 Å². The normalized spacial score (nSPS) is 16.9. The predicted molar refractivity (Wildman–Crippen MR) is 103 cm³/mol. The lowest BCUT2D eigenvalue weighted by molar-refractivity contribution is -0.127. The minimum atomic E-state index is -3.97. The largest absolute Gasteiger partial charge is 0.454 e. The fourth-order valence-corrected chi connectivity index (χ4v) is 4.66. The molecule has 30 heavy (non-hydrogen) atoms. The minimum absolute atomic E-state index is 0.0604. The van der Waals surface area contributed by atoms with Crippen LogP contribution >= 0.6 is 0 Å². The molecule has 1 saturated heterocycles. The maximum Gasteiger partial charge on any atom is 0.246 e. The smallest absolute Gasteiger partial charge is 0.246 e. The molecule has 2 aromatic rings. The second-order valence-electron chi connectivity index (χ2n) is 6.75. The molecule has 0 saturated carbocycles. The topological polar surface area (TPSA) is 76.2 Å². The maximum absolute atomic E-state index is 13.4. The van der Waals surface area contributed by atoms with Gasteiger partial charge in [-0.05, 0) is 42.0 Å². The standard InChI is InChI=1S/C20H18F2N2O5S/c21-16-4-3-15(12-17(16)22)30(26,27)24-9-7-23(8-10-24)20(25)6-2-14-1-5-18-19(11-14)29-13-28-18/h1-6,11-12H,7-10,13H2/b6-2+. The summed E-state index contributed by atoms with van der Waals surface area (Å²) in [6.07, 6.45) is 3.06. The van der Waals surface area contributed by atoms with Crippen molar-refractivity contribution in [1.29, 1.82) is 0 Å². The quantitative estimate of drug-likeness (QED) is 0.688. The third-order valence-electron chi connectivity index (χ3n) is 4.89. The van der Waals surface area contributed by atoms with Gasteiger partial charge < -0.3 is 14.4 Å². The Bertz CT molecular complexity index is 1110. The number of carbonyl (C=O) groups is 1. The van der Waals surface area contributed by atoms with Gasteiger partial charge in [-0.3, -0.25) is 4.79 Å². The van der Waals surface area contributed by atoms with Crippen LogP contribution in [0.3, 0.4) is 0 Å². The molecule has 2 heterocycles. The van der Waals surface area contributed by atoms with Gasteiger partial charge in [-0.2, -0.15) is 4.31 Å². The van der Waals surface area contributed by atoms with Gasteiger partial charge in [-0.1, -0.05) is 6.07 Å². The minimum Gasteiger partial charge on any atom is -0.454 e. The van der Waals surface area contributed by atoms with Crippen molar-refractivity contribution in [1.82, 2.24) is 9.21 Å². The van der Waals surface area contributed by atoms with E-state index >= 15 is 0 Å². The molecule has 0 bridgehead atoms. The van der Waals surface area contributed by atoms with E-state index in [1.54, 1.807) is 24.3 Å². The number of carbonyl (C=O) groups excluding carboxylic acids is 1. The first kappa shape index (κ1) is 20.3. The molecule has 0 unspecified atom stereocenters. The number of benzene rings is 2. The zero-order chi connectivity index (χ0) is 21.3. The number of piperazine rings is 1. The van der Waals surface area contributed by atoms with E-state index in [0.29, 0.717) is 17.6 Å². The van der Waals surface area contributed by atoms with Gasteiger partial charge in [0.25, 0.3) is 0 Å². The fraction of sp³-hybridized carbons (Fsp3) is 0.250. The Kier molecular flexibility index (Phi) is 5.44. The first-order chi connectivity index (χ1) is 14.3. The fourth-order valence-electron chi connectivity index (χ4n) is 3.22. The Hall–Kier alpha value is -2.98. The molecule has 1 fully saturated rings. The number of amides is 1. The summed E-state index contributed by atoms with van der Waals surface area (Å²) in [4.78, 5) is 13.7. The molecule has 1 amide bonds. The van der Waals surface area contributed by atoms with E-state index in [1.165, 1.54) is 11.0 Å². The highest BCUT2D eigenvalue weighted by atomic mass is 32.2. The predicted octanol–water partition coefficient (Wildman–Crippen LogP) is 2.24. The van der Waals surface area contributed by atoms with Gasteiger partial charge in [0.05, 0.1) is 4.90 Å². The summed E-state index contributed by atoms with van der Waals surface area (Å²) in [6, 6.07) is 7.79. The molecule has 4 rings (SSSR count). The Morgan fingerprint density at radius 1 is 0.933 bits per heavy atom. The highest BCUT2D eigenvalue weighted by Gasteiger charge is 2.30. The first-order valence-corrected chi connectivity index (χ1v) is 10.6. The van der Waals surface area contributed by atoms with Gasteiger partial charge in [-0.25, -0.2) is 17.2 Å². The monoisotopic (exact) mass is 436 g/mol. The van der Waals surface area contributed by atoms with Crippen LogP contribution in [0.25, 0.3) is 6.08 Å². The lowest BCUT2D eigenvalue weighted by atomic mass is 10.2. The van der Waals surface area contributed by atoms with Crippen molar-refractivity contribution < 1.29 is 31.5 Å². The van der Waals surface area contributed by atoms with E-state index in [0.717, 1.165) is 22.0 Å². The second kappa shape index (κ2) is 8.04. The second-order valence-corrected chi connectivity index (χ2v) is 8.69. The molecule has 0 aliphatic carbocycles. The third-order valence-corrected chi connectivity index (χ3v) is 6.79. The Morgan fingerprint density at radius 3 is 2.40 bits per heavy atom. The van der Waals surface area contributed by atoms with E-state index < -0.39 is 21.7 Å². The molecule has 0 atom stereocenters. The summed E-state index contributed by atoms with van der Waals surface area (Å²) < 4.78 is 63.4. The number of ether oxygens (including phenoxy) is 2. The van der Waals surface area contributed by atoms with Crippen LogP contribution in [0.15, 0.2) is 47.4 Å². The summed E-state index contributed by atoms with van der Waals surface area (Å²) in [6.45, 7) is 0.662. The van der Waals surface area contributed by atoms with E-state index in [2.05, 4.69) is 0 Å². The van der Waals surface area contributed by atoms with E-state index in [1.807, 2.05) is 0 Å². The Labute approximate surface area is 172 Å².